The van der Waals surface area contributed by atoms with Crippen molar-refractivity contribution in [3.05, 3.63) is 34.7 Å². The van der Waals surface area contributed by atoms with Crippen molar-refractivity contribution in [1.29, 1.82) is 0 Å². The Morgan fingerprint density at radius 1 is 1.41 bits per heavy atom. The predicted octanol–water partition coefficient (Wildman–Crippen LogP) is 3.87. The van der Waals surface area contributed by atoms with Crippen LogP contribution >= 0.6 is 11.3 Å². The van der Waals surface area contributed by atoms with E-state index in [9.17, 15) is 4.79 Å². The van der Waals surface area contributed by atoms with Crippen molar-refractivity contribution in [2.45, 2.75) is 33.2 Å². The maximum atomic E-state index is 12.3. The molecule has 3 N–H and O–H groups in total. The van der Waals surface area contributed by atoms with Crippen LogP contribution < -0.4 is 11.1 Å². The van der Waals surface area contributed by atoms with E-state index in [0.717, 1.165) is 27.5 Å². The molecule has 0 aliphatic heterocycles. The van der Waals surface area contributed by atoms with Gasteiger partial charge in [-0.15, -0.1) is 11.3 Å². The van der Waals surface area contributed by atoms with E-state index < -0.39 is 0 Å². The molecule has 4 nitrogen and oxygen atoms in total. The van der Waals surface area contributed by atoms with E-state index >= 15 is 0 Å². The Kier molecular flexibility index (Phi) is 3.74. The fourth-order valence-electron chi connectivity index (χ4n) is 2.38. The third-order valence-electron chi connectivity index (χ3n) is 3.86. The van der Waals surface area contributed by atoms with E-state index in [4.69, 9.17) is 5.73 Å². The first-order valence-electron chi connectivity index (χ1n) is 7.40. The van der Waals surface area contributed by atoms with Crippen molar-refractivity contribution in [1.82, 2.24) is 10.3 Å². The monoisotopic (exact) mass is 313 g/mol. The number of hydrogen-bond donors (Lipinski definition) is 2. The van der Waals surface area contributed by atoms with Crippen molar-refractivity contribution in [3.63, 3.8) is 0 Å². The van der Waals surface area contributed by atoms with Gasteiger partial charge in [-0.25, -0.2) is 4.98 Å². The molecule has 1 amide bonds. The lowest BCUT2D eigenvalue weighted by atomic mass is 10.1. The third kappa shape index (κ3) is 2.52. The van der Waals surface area contributed by atoms with Crippen LogP contribution in [0.5, 0.6) is 0 Å². The molecule has 3 aromatic rings. The summed E-state index contributed by atoms with van der Waals surface area (Å²) in [6, 6.07) is 8.27. The molecule has 0 bridgehead atoms. The second kappa shape index (κ2) is 5.57. The zero-order valence-electron chi connectivity index (χ0n) is 12.9. The average molecular weight is 313 g/mol. The Bertz CT molecular complexity index is 869. The Morgan fingerprint density at radius 3 is 2.91 bits per heavy atom. The van der Waals surface area contributed by atoms with E-state index in [2.05, 4.69) is 16.4 Å². The summed E-state index contributed by atoms with van der Waals surface area (Å²) in [4.78, 5) is 18.3. The molecule has 0 aliphatic rings. The van der Waals surface area contributed by atoms with Crippen LogP contribution in [0.25, 0.3) is 21.1 Å². The maximum absolute atomic E-state index is 12.3. The van der Waals surface area contributed by atoms with Crippen LogP contribution in [-0.4, -0.2) is 16.9 Å². The number of aromatic nitrogens is 1. The number of nitrogens with one attached hydrogen (secondary N) is 1. The number of carbonyl (C=O) groups is 1. The second-order valence-electron chi connectivity index (χ2n) is 5.66. The molecule has 0 fully saturated rings. The molecule has 1 unspecified atom stereocenters. The third-order valence-corrected chi connectivity index (χ3v) is 4.98. The van der Waals surface area contributed by atoms with Crippen LogP contribution in [0.15, 0.2) is 24.3 Å². The minimum Gasteiger partial charge on any atom is -0.397 e. The number of nitrogens with two attached hydrogens (primary N) is 1. The minimum absolute atomic E-state index is 0.116. The summed E-state index contributed by atoms with van der Waals surface area (Å²) in [5, 5.41) is 4.87. The molecule has 1 atom stereocenters. The van der Waals surface area contributed by atoms with Gasteiger partial charge in [0.1, 0.15) is 9.71 Å². The molecule has 0 spiro atoms. The van der Waals surface area contributed by atoms with Crippen molar-refractivity contribution in [3.8, 4) is 0 Å². The lowest BCUT2D eigenvalue weighted by molar-refractivity contribution is 0.0944. The molecule has 5 heteroatoms. The van der Waals surface area contributed by atoms with Crippen LogP contribution in [0, 0.1) is 6.92 Å². The first-order chi connectivity index (χ1) is 10.5. The smallest absolute Gasteiger partial charge is 0.263 e. The van der Waals surface area contributed by atoms with Gasteiger partial charge in [0.25, 0.3) is 5.91 Å². The van der Waals surface area contributed by atoms with Gasteiger partial charge in [0.2, 0.25) is 0 Å². The molecule has 0 saturated heterocycles. The SMILES string of the molecule is CCC(C)NC(=O)c1sc2nc3ccc(C)cc3cc2c1N. The summed E-state index contributed by atoms with van der Waals surface area (Å²) in [5.41, 5.74) is 8.82. The Labute approximate surface area is 133 Å². The number of fused-ring (bicyclic) bond motifs is 2. The summed E-state index contributed by atoms with van der Waals surface area (Å²) in [5.74, 6) is -0.116. The number of amides is 1. The highest BCUT2D eigenvalue weighted by molar-refractivity contribution is 7.21. The number of carbonyl (C=O) groups excluding carboxylic acids is 1. The first kappa shape index (κ1) is 14.8. The minimum atomic E-state index is -0.116. The van der Waals surface area contributed by atoms with Gasteiger partial charge < -0.3 is 11.1 Å². The Hall–Kier alpha value is -2.14. The maximum Gasteiger partial charge on any atom is 0.263 e. The molecule has 114 valence electrons. The van der Waals surface area contributed by atoms with E-state index in [0.29, 0.717) is 10.6 Å². The van der Waals surface area contributed by atoms with E-state index in [1.807, 2.05) is 39.0 Å². The van der Waals surface area contributed by atoms with Crippen molar-refractivity contribution in [2.75, 3.05) is 5.73 Å². The number of nitrogen functional groups attached to an aromatic ring is 1. The summed E-state index contributed by atoms with van der Waals surface area (Å²) < 4.78 is 0. The van der Waals surface area contributed by atoms with Gasteiger partial charge in [-0.2, -0.15) is 0 Å². The van der Waals surface area contributed by atoms with Gasteiger partial charge in [0.05, 0.1) is 11.2 Å². The summed E-state index contributed by atoms with van der Waals surface area (Å²) in [7, 11) is 0. The predicted molar refractivity (Wildman–Crippen MR) is 93.5 cm³/mol. The van der Waals surface area contributed by atoms with Gasteiger partial charge in [-0.3, -0.25) is 4.79 Å². The lowest BCUT2D eigenvalue weighted by Gasteiger charge is -2.10. The molecular formula is C17H19N3OS. The van der Waals surface area contributed by atoms with Gasteiger partial charge in [0.15, 0.2) is 0 Å². The van der Waals surface area contributed by atoms with Gasteiger partial charge in [0, 0.05) is 16.8 Å². The zero-order valence-corrected chi connectivity index (χ0v) is 13.8. The molecule has 22 heavy (non-hydrogen) atoms. The molecule has 1 aromatic carbocycles. The van der Waals surface area contributed by atoms with Crippen LogP contribution in [0.1, 0.15) is 35.5 Å². The number of benzene rings is 1. The van der Waals surface area contributed by atoms with Crippen LogP contribution in [0.3, 0.4) is 0 Å². The number of aryl methyl sites for hydroxylation is 1. The second-order valence-corrected chi connectivity index (χ2v) is 6.66. The van der Waals surface area contributed by atoms with Crippen molar-refractivity contribution < 1.29 is 4.79 Å². The first-order valence-corrected chi connectivity index (χ1v) is 8.21. The lowest BCUT2D eigenvalue weighted by Crippen LogP contribution is -2.31. The molecule has 2 aromatic heterocycles. The van der Waals surface area contributed by atoms with Crippen molar-refractivity contribution in [2.24, 2.45) is 0 Å². The van der Waals surface area contributed by atoms with E-state index in [1.165, 1.54) is 16.9 Å². The Morgan fingerprint density at radius 2 is 2.18 bits per heavy atom. The largest absolute Gasteiger partial charge is 0.397 e. The van der Waals surface area contributed by atoms with Crippen LogP contribution in [0.2, 0.25) is 0 Å². The molecule has 0 aliphatic carbocycles. The van der Waals surface area contributed by atoms with Gasteiger partial charge in [-0.05, 0) is 38.5 Å². The highest BCUT2D eigenvalue weighted by atomic mass is 32.1. The average Bonchev–Trinajstić information content (AvgIpc) is 2.81. The highest BCUT2D eigenvalue weighted by Gasteiger charge is 2.18. The van der Waals surface area contributed by atoms with Crippen LogP contribution in [0.4, 0.5) is 5.69 Å². The molecule has 0 saturated carbocycles. The summed E-state index contributed by atoms with van der Waals surface area (Å²) in [6.07, 6.45) is 0.887. The topological polar surface area (TPSA) is 68.0 Å². The normalized spacial score (nSPS) is 12.7. The number of anilines is 1. The number of nitrogens with zero attached hydrogens (tertiary/aromatic N) is 1. The van der Waals surface area contributed by atoms with Gasteiger partial charge in [-0.1, -0.05) is 18.6 Å². The molecule has 0 radical (unpaired) electrons. The van der Waals surface area contributed by atoms with E-state index in [-0.39, 0.29) is 11.9 Å². The molecular weight excluding hydrogens is 294 g/mol. The molecule has 2 heterocycles. The quantitative estimate of drug-likeness (QED) is 0.771. The highest BCUT2D eigenvalue weighted by Crippen LogP contribution is 2.34. The Balaban J connectivity index is 2.12. The van der Waals surface area contributed by atoms with Gasteiger partial charge >= 0.3 is 0 Å². The fraction of sp³-hybridized carbons (Fsp3) is 0.294. The van der Waals surface area contributed by atoms with Crippen LogP contribution in [-0.2, 0) is 0 Å². The number of thiophene rings is 1. The fourth-order valence-corrected chi connectivity index (χ4v) is 3.37. The number of pyridine rings is 1. The number of rotatable bonds is 3. The van der Waals surface area contributed by atoms with Crippen molar-refractivity contribution >= 4 is 44.1 Å². The van der Waals surface area contributed by atoms with E-state index in [1.54, 1.807) is 0 Å². The zero-order chi connectivity index (χ0) is 15.9. The standard InChI is InChI=1S/C17H19N3OS/c1-4-10(3)19-16(21)15-14(18)12-8-11-7-9(2)5-6-13(11)20-17(12)22-15/h5-8,10H,4,18H2,1-3H3,(H,19,21). The summed E-state index contributed by atoms with van der Waals surface area (Å²) in [6.45, 7) is 6.07. The number of hydrogen-bond acceptors (Lipinski definition) is 4. The molecule has 3 rings (SSSR count). The summed E-state index contributed by atoms with van der Waals surface area (Å²) >= 11 is 1.36.